The number of ether oxygens (including phenoxy) is 1. The number of halogens is 3. The molecule has 1 amide bonds. The summed E-state index contributed by atoms with van der Waals surface area (Å²) < 4.78 is 5.52. The van der Waals surface area contributed by atoms with Crippen molar-refractivity contribution < 1.29 is 9.53 Å². The third kappa shape index (κ3) is 4.72. The lowest BCUT2D eigenvalue weighted by Crippen LogP contribution is -2.50. The average Bonchev–Trinajstić information content (AvgIpc) is 2.62. The van der Waals surface area contributed by atoms with Crippen LogP contribution in [0.4, 0.5) is 5.69 Å². The molecule has 7 heteroatoms. The molecule has 0 radical (unpaired) electrons. The van der Waals surface area contributed by atoms with Gasteiger partial charge in [-0.15, -0.1) is 0 Å². The zero-order valence-corrected chi connectivity index (χ0v) is 15.7. The molecule has 132 valence electrons. The third-order valence-electron chi connectivity index (χ3n) is 4.06. The number of hydrogen-bond donors (Lipinski definition) is 0. The first-order chi connectivity index (χ1) is 12.0. The number of piperazine rings is 1. The number of carbonyl (C=O) groups excluding carboxylic acids is 1. The molecule has 2 aromatic carbocycles. The maximum atomic E-state index is 12.3. The van der Waals surface area contributed by atoms with Gasteiger partial charge < -0.3 is 14.5 Å². The third-order valence-corrected chi connectivity index (χ3v) is 5.03. The lowest BCUT2D eigenvalue weighted by Gasteiger charge is -2.36. The van der Waals surface area contributed by atoms with Crippen molar-refractivity contribution in [2.75, 3.05) is 37.7 Å². The van der Waals surface area contributed by atoms with Crippen molar-refractivity contribution in [3.63, 3.8) is 0 Å². The summed E-state index contributed by atoms with van der Waals surface area (Å²) in [5.74, 6) is 0.483. The number of hydrogen-bond acceptors (Lipinski definition) is 3. The normalized spacial score (nSPS) is 14.5. The molecule has 1 heterocycles. The number of benzene rings is 2. The highest BCUT2D eigenvalue weighted by atomic mass is 35.5. The van der Waals surface area contributed by atoms with Gasteiger partial charge in [-0.05, 0) is 30.3 Å². The van der Waals surface area contributed by atoms with Gasteiger partial charge in [-0.2, -0.15) is 0 Å². The Balaban J connectivity index is 1.50. The summed E-state index contributed by atoms with van der Waals surface area (Å²) in [4.78, 5) is 16.3. The molecule has 0 aromatic heterocycles. The maximum absolute atomic E-state index is 12.3. The second kappa shape index (κ2) is 8.17. The van der Waals surface area contributed by atoms with Crippen molar-refractivity contribution in [1.82, 2.24) is 4.90 Å². The highest BCUT2D eigenvalue weighted by molar-refractivity contribution is 6.42. The van der Waals surface area contributed by atoms with E-state index in [2.05, 4.69) is 4.90 Å². The van der Waals surface area contributed by atoms with Crippen molar-refractivity contribution in [3.8, 4) is 5.75 Å². The van der Waals surface area contributed by atoms with E-state index >= 15 is 0 Å². The quantitative estimate of drug-likeness (QED) is 0.765. The summed E-state index contributed by atoms with van der Waals surface area (Å²) >= 11 is 17.8. The minimum absolute atomic E-state index is 0.0187. The van der Waals surface area contributed by atoms with Gasteiger partial charge in [-0.25, -0.2) is 0 Å². The number of nitrogens with zero attached hydrogens (tertiary/aromatic N) is 2. The minimum atomic E-state index is -0.0446. The summed E-state index contributed by atoms with van der Waals surface area (Å²) in [5, 5.41) is 1.57. The molecular formula is C18H17Cl3N2O2. The summed E-state index contributed by atoms with van der Waals surface area (Å²) in [6.45, 7) is 2.80. The summed E-state index contributed by atoms with van der Waals surface area (Å²) in [7, 11) is 0. The van der Waals surface area contributed by atoms with Gasteiger partial charge in [0.15, 0.2) is 6.61 Å². The molecule has 0 unspecified atom stereocenters. The molecule has 0 atom stereocenters. The largest absolute Gasteiger partial charge is 0.484 e. The number of amides is 1. The second-order valence-electron chi connectivity index (χ2n) is 5.71. The van der Waals surface area contributed by atoms with Crippen LogP contribution in [0, 0.1) is 0 Å². The van der Waals surface area contributed by atoms with Crippen LogP contribution in [0.5, 0.6) is 5.75 Å². The molecule has 1 aliphatic heterocycles. The zero-order valence-electron chi connectivity index (χ0n) is 13.4. The molecule has 4 nitrogen and oxygen atoms in total. The van der Waals surface area contributed by atoms with E-state index < -0.39 is 0 Å². The van der Waals surface area contributed by atoms with Gasteiger partial charge in [0.25, 0.3) is 5.91 Å². The van der Waals surface area contributed by atoms with Crippen molar-refractivity contribution in [2.24, 2.45) is 0 Å². The van der Waals surface area contributed by atoms with E-state index in [0.29, 0.717) is 33.9 Å². The smallest absolute Gasteiger partial charge is 0.260 e. The molecule has 0 saturated carbocycles. The fourth-order valence-electron chi connectivity index (χ4n) is 2.69. The Hall–Kier alpha value is -1.62. The molecule has 0 N–H and O–H groups in total. The predicted octanol–water partition coefficient (Wildman–Crippen LogP) is 4.37. The van der Waals surface area contributed by atoms with E-state index in [-0.39, 0.29) is 12.5 Å². The molecule has 1 saturated heterocycles. The number of anilines is 1. The van der Waals surface area contributed by atoms with E-state index in [4.69, 9.17) is 39.5 Å². The van der Waals surface area contributed by atoms with Crippen LogP contribution >= 0.6 is 34.8 Å². The van der Waals surface area contributed by atoms with Gasteiger partial charge >= 0.3 is 0 Å². The van der Waals surface area contributed by atoms with Crippen LogP contribution in [-0.4, -0.2) is 43.6 Å². The monoisotopic (exact) mass is 398 g/mol. The second-order valence-corrected chi connectivity index (χ2v) is 6.96. The maximum Gasteiger partial charge on any atom is 0.260 e. The first-order valence-electron chi connectivity index (χ1n) is 7.89. The molecule has 25 heavy (non-hydrogen) atoms. The lowest BCUT2D eigenvalue weighted by atomic mass is 10.2. The van der Waals surface area contributed by atoms with E-state index in [1.165, 1.54) is 0 Å². The van der Waals surface area contributed by atoms with Crippen molar-refractivity contribution in [3.05, 3.63) is 57.5 Å². The number of carbonyl (C=O) groups is 1. The molecule has 3 rings (SSSR count). The summed E-state index contributed by atoms with van der Waals surface area (Å²) in [6, 6.07) is 12.7. The van der Waals surface area contributed by atoms with Gasteiger partial charge in [0.1, 0.15) is 5.75 Å². The summed E-state index contributed by atoms with van der Waals surface area (Å²) in [5.41, 5.74) is 1.08. The van der Waals surface area contributed by atoms with Crippen molar-refractivity contribution in [2.45, 2.75) is 0 Å². The van der Waals surface area contributed by atoms with Gasteiger partial charge in [0.2, 0.25) is 0 Å². The zero-order chi connectivity index (χ0) is 17.8. The summed E-state index contributed by atoms with van der Waals surface area (Å²) in [6.07, 6.45) is 0. The molecule has 1 fully saturated rings. The fourth-order valence-corrected chi connectivity index (χ4v) is 3.16. The van der Waals surface area contributed by atoms with E-state index in [1.807, 2.05) is 24.3 Å². The van der Waals surface area contributed by atoms with E-state index in [9.17, 15) is 4.79 Å². The fraction of sp³-hybridized carbons (Fsp3) is 0.278. The molecule has 2 aromatic rings. The Morgan fingerprint density at radius 1 is 0.960 bits per heavy atom. The highest BCUT2D eigenvalue weighted by Crippen LogP contribution is 2.26. The highest BCUT2D eigenvalue weighted by Gasteiger charge is 2.21. The van der Waals surface area contributed by atoms with Crippen LogP contribution in [0.1, 0.15) is 0 Å². The SMILES string of the molecule is O=C(COc1ccc(Cl)c(Cl)c1)N1CCN(c2cccc(Cl)c2)CC1. The predicted molar refractivity (Wildman–Crippen MR) is 102 cm³/mol. The van der Waals surface area contributed by atoms with Gasteiger partial charge in [-0.1, -0.05) is 40.9 Å². The average molecular weight is 400 g/mol. The molecule has 0 bridgehead atoms. The minimum Gasteiger partial charge on any atom is -0.484 e. The molecular weight excluding hydrogens is 383 g/mol. The van der Waals surface area contributed by atoms with Crippen LogP contribution in [0.25, 0.3) is 0 Å². The Labute approximate surface area is 161 Å². The van der Waals surface area contributed by atoms with Crippen LogP contribution in [-0.2, 0) is 4.79 Å². The number of rotatable bonds is 4. The molecule has 0 spiro atoms. The van der Waals surface area contributed by atoms with Gasteiger partial charge in [0, 0.05) is 43.0 Å². The van der Waals surface area contributed by atoms with E-state index in [1.54, 1.807) is 23.1 Å². The topological polar surface area (TPSA) is 32.8 Å². The Morgan fingerprint density at radius 2 is 1.72 bits per heavy atom. The Kier molecular flexibility index (Phi) is 5.94. The van der Waals surface area contributed by atoms with Crippen LogP contribution < -0.4 is 9.64 Å². The first-order valence-corrected chi connectivity index (χ1v) is 9.02. The van der Waals surface area contributed by atoms with Crippen LogP contribution in [0.15, 0.2) is 42.5 Å². The molecule has 0 aliphatic carbocycles. The Bertz CT molecular complexity index is 762. The van der Waals surface area contributed by atoms with Crippen LogP contribution in [0.3, 0.4) is 0 Å². The first kappa shape index (κ1) is 18.2. The Morgan fingerprint density at radius 3 is 2.40 bits per heavy atom. The van der Waals surface area contributed by atoms with E-state index in [0.717, 1.165) is 18.8 Å². The standard InChI is InChI=1S/C18H17Cl3N2O2/c19-13-2-1-3-14(10-13)22-6-8-23(9-7-22)18(24)12-25-15-4-5-16(20)17(21)11-15/h1-5,10-11H,6-9,12H2. The van der Waals surface area contributed by atoms with Crippen molar-refractivity contribution in [1.29, 1.82) is 0 Å². The lowest BCUT2D eigenvalue weighted by molar-refractivity contribution is -0.133. The van der Waals surface area contributed by atoms with Crippen LogP contribution in [0.2, 0.25) is 15.1 Å². The van der Waals surface area contributed by atoms with Crippen molar-refractivity contribution >= 4 is 46.4 Å². The van der Waals surface area contributed by atoms with Gasteiger partial charge in [-0.3, -0.25) is 4.79 Å². The molecule has 1 aliphatic rings. The van der Waals surface area contributed by atoms with Gasteiger partial charge in [0.05, 0.1) is 10.0 Å².